The van der Waals surface area contributed by atoms with Crippen LogP contribution >= 0.6 is 11.6 Å². The Kier molecular flexibility index (Phi) is 3.78. The van der Waals surface area contributed by atoms with Crippen molar-refractivity contribution in [3.8, 4) is 6.19 Å². The van der Waals surface area contributed by atoms with E-state index < -0.39 is 5.60 Å². The highest BCUT2D eigenvalue weighted by atomic mass is 35.5. The van der Waals surface area contributed by atoms with Crippen molar-refractivity contribution in [1.82, 2.24) is 9.88 Å². The molecule has 1 aromatic rings. The van der Waals surface area contributed by atoms with E-state index in [2.05, 4.69) is 11.2 Å². The van der Waals surface area contributed by atoms with Crippen LogP contribution in [-0.4, -0.2) is 32.5 Å². The van der Waals surface area contributed by atoms with Gasteiger partial charge in [0.25, 0.3) is 0 Å². The smallest absolute Gasteiger partial charge is 0.185 e. The van der Waals surface area contributed by atoms with Gasteiger partial charge in [0.15, 0.2) is 6.19 Å². The third-order valence-electron chi connectivity index (χ3n) is 6.08. The summed E-state index contributed by atoms with van der Waals surface area (Å²) < 4.78 is 0. The number of pyridine rings is 1. The van der Waals surface area contributed by atoms with E-state index in [9.17, 15) is 10.4 Å². The fourth-order valence-corrected chi connectivity index (χ4v) is 5.69. The molecule has 0 aliphatic heterocycles. The number of aliphatic hydroxyl groups is 1. The number of nitriles is 1. The standard InChI is InChI=1S/C18H21ClN4O/c19-17-12(2-1-3-22-17)6-15(21)23(10-20)16-13-4-11-5-14(16)9-18(24,7-11)8-13/h1-3,11,13-14,16,21,24H,4-9H2. The largest absolute Gasteiger partial charge is 0.390 e. The van der Waals surface area contributed by atoms with E-state index in [-0.39, 0.29) is 11.9 Å². The molecule has 4 bridgehead atoms. The van der Waals surface area contributed by atoms with Crippen LogP contribution in [0, 0.1) is 34.6 Å². The minimum Gasteiger partial charge on any atom is -0.390 e. The third kappa shape index (κ3) is 2.58. The van der Waals surface area contributed by atoms with E-state index in [1.807, 2.05) is 6.07 Å². The van der Waals surface area contributed by atoms with Gasteiger partial charge in [-0.25, -0.2) is 4.98 Å². The summed E-state index contributed by atoms with van der Waals surface area (Å²) in [6, 6.07) is 3.69. The lowest BCUT2D eigenvalue weighted by molar-refractivity contribution is -0.147. The lowest BCUT2D eigenvalue weighted by Gasteiger charge is -2.59. The Hall–Kier alpha value is -1.64. The molecule has 4 aliphatic carbocycles. The first-order valence-electron chi connectivity index (χ1n) is 8.57. The molecule has 5 rings (SSSR count). The number of nitrogens with zero attached hydrogens (tertiary/aromatic N) is 3. The zero-order valence-corrected chi connectivity index (χ0v) is 14.2. The van der Waals surface area contributed by atoms with Gasteiger partial charge < -0.3 is 5.11 Å². The van der Waals surface area contributed by atoms with Gasteiger partial charge in [-0.2, -0.15) is 5.26 Å². The van der Waals surface area contributed by atoms with Crippen molar-refractivity contribution in [3.05, 3.63) is 29.0 Å². The summed E-state index contributed by atoms with van der Waals surface area (Å²) in [4.78, 5) is 5.63. The number of rotatable bonds is 3. The topological polar surface area (TPSA) is 84.0 Å². The first-order chi connectivity index (χ1) is 11.5. The maximum absolute atomic E-state index is 10.7. The number of hydrogen-bond acceptors (Lipinski definition) is 4. The average molecular weight is 345 g/mol. The van der Waals surface area contributed by atoms with Crippen molar-refractivity contribution in [2.75, 3.05) is 0 Å². The van der Waals surface area contributed by atoms with Gasteiger partial charge in [-0.05, 0) is 61.5 Å². The van der Waals surface area contributed by atoms with Crippen LogP contribution in [0.1, 0.15) is 37.7 Å². The number of hydrogen-bond donors (Lipinski definition) is 2. The van der Waals surface area contributed by atoms with Gasteiger partial charge >= 0.3 is 0 Å². The molecule has 4 aliphatic rings. The van der Waals surface area contributed by atoms with Crippen molar-refractivity contribution in [2.24, 2.45) is 17.8 Å². The summed E-state index contributed by atoms with van der Waals surface area (Å²) in [6.45, 7) is 0. The fraction of sp³-hybridized carbons (Fsp3) is 0.611. The number of halogens is 1. The van der Waals surface area contributed by atoms with Crippen molar-refractivity contribution in [2.45, 2.75) is 50.2 Å². The van der Waals surface area contributed by atoms with Crippen LogP contribution in [0.15, 0.2) is 18.3 Å². The third-order valence-corrected chi connectivity index (χ3v) is 6.42. The van der Waals surface area contributed by atoms with E-state index >= 15 is 0 Å². The van der Waals surface area contributed by atoms with Gasteiger partial charge in [-0.15, -0.1) is 0 Å². The Morgan fingerprint density at radius 2 is 2.12 bits per heavy atom. The molecular formula is C18H21ClN4O. The minimum atomic E-state index is -0.525. The molecule has 0 saturated heterocycles. The lowest BCUT2D eigenvalue weighted by atomic mass is 9.52. The Morgan fingerprint density at radius 3 is 2.71 bits per heavy atom. The molecular weight excluding hydrogens is 324 g/mol. The summed E-state index contributed by atoms with van der Waals surface area (Å²) in [7, 11) is 0. The van der Waals surface area contributed by atoms with Crippen molar-refractivity contribution >= 4 is 17.4 Å². The van der Waals surface area contributed by atoms with E-state index in [1.165, 1.54) is 0 Å². The quantitative estimate of drug-likeness (QED) is 0.290. The molecule has 4 fully saturated rings. The molecule has 1 heterocycles. The Bertz CT molecular complexity index is 699. The molecule has 1 aromatic heterocycles. The molecule has 2 atom stereocenters. The number of aromatic nitrogens is 1. The number of nitrogens with one attached hydrogen (secondary N) is 1. The lowest BCUT2D eigenvalue weighted by Crippen LogP contribution is -2.61. The average Bonchev–Trinajstić information content (AvgIpc) is 2.51. The molecule has 126 valence electrons. The van der Waals surface area contributed by atoms with Gasteiger partial charge in [-0.3, -0.25) is 10.3 Å². The summed E-state index contributed by atoms with van der Waals surface area (Å²) in [6.07, 6.45) is 8.77. The highest BCUT2D eigenvalue weighted by Crippen LogP contribution is 2.56. The monoisotopic (exact) mass is 344 g/mol. The van der Waals surface area contributed by atoms with Crippen LogP contribution in [0.25, 0.3) is 0 Å². The van der Waals surface area contributed by atoms with E-state index in [4.69, 9.17) is 17.0 Å². The maximum Gasteiger partial charge on any atom is 0.185 e. The summed E-state index contributed by atoms with van der Waals surface area (Å²) >= 11 is 6.10. The van der Waals surface area contributed by atoms with Gasteiger partial charge in [0, 0.05) is 12.6 Å². The Balaban J connectivity index is 1.55. The van der Waals surface area contributed by atoms with Crippen molar-refractivity contribution in [3.63, 3.8) is 0 Å². The van der Waals surface area contributed by atoms with Crippen LogP contribution < -0.4 is 0 Å². The fourth-order valence-electron chi connectivity index (χ4n) is 5.50. The molecule has 2 N–H and O–H groups in total. The summed E-state index contributed by atoms with van der Waals surface area (Å²) in [5.41, 5.74) is 0.245. The van der Waals surface area contributed by atoms with Gasteiger partial charge in [0.1, 0.15) is 11.0 Å². The zero-order chi connectivity index (χ0) is 16.9. The van der Waals surface area contributed by atoms with Gasteiger partial charge in [0.05, 0.1) is 11.6 Å². The summed E-state index contributed by atoms with van der Waals surface area (Å²) in [5, 5.41) is 29.3. The maximum atomic E-state index is 10.7. The molecule has 0 aromatic carbocycles. The molecule has 2 unspecified atom stereocenters. The first-order valence-corrected chi connectivity index (χ1v) is 8.95. The molecule has 24 heavy (non-hydrogen) atoms. The molecule has 0 amide bonds. The molecule has 5 nitrogen and oxygen atoms in total. The molecule has 6 heteroatoms. The SMILES string of the molecule is N#CN(C(=N)Cc1cccnc1Cl)C1C2CC3CC1CC(O)(C3)C2. The second-order valence-electron chi connectivity index (χ2n) is 7.73. The normalized spacial score (nSPS) is 36.4. The molecule has 0 radical (unpaired) electrons. The minimum absolute atomic E-state index is 0.0507. The van der Waals surface area contributed by atoms with Crippen molar-refractivity contribution < 1.29 is 5.11 Å². The summed E-state index contributed by atoms with van der Waals surface area (Å²) in [5.74, 6) is 1.49. The molecule has 0 spiro atoms. The second kappa shape index (κ2) is 5.72. The van der Waals surface area contributed by atoms with Crippen LogP contribution in [0.4, 0.5) is 0 Å². The Morgan fingerprint density at radius 1 is 1.42 bits per heavy atom. The van der Waals surface area contributed by atoms with Crippen LogP contribution in [0.2, 0.25) is 5.15 Å². The highest BCUT2D eigenvalue weighted by molar-refractivity contribution is 6.30. The Labute approximate surface area is 146 Å². The van der Waals surface area contributed by atoms with Gasteiger partial charge in [-0.1, -0.05) is 17.7 Å². The first kappa shape index (κ1) is 15.9. The highest BCUT2D eigenvalue weighted by Gasteiger charge is 2.56. The van der Waals surface area contributed by atoms with E-state index in [0.29, 0.717) is 29.3 Å². The second-order valence-corrected chi connectivity index (χ2v) is 8.09. The molecule has 4 saturated carbocycles. The van der Waals surface area contributed by atoms with Crippen molar-refractivity contribution in [1.29, 1.82) is 10.7 Å². The zero-order valence-electron chi connectivity index (χ0n) is 13.5. The predicted molar refractivity (Wildman–Crippen MR) is 90.4 cm³/mol. The van der Waals surface area contributed by atoms with E-state index in [1.54, 1.807) is 17.2 Å². The van der Waals surface area contributed by atoms with Crippen LogP contribution in [0.3, 0.4) is 0 Å². The predicted octanol–water partition coefficient (Wildman–Crippen LogP) is 2.98. The van der Waals surface area contributed by atoms with Crippen LogP contribution in [-0.2, 0) is 6.42 Å². The van der Waals surface area contributed by atoms with Gasteiger partial charge in [0.2, 0.25) is 0 Å². The number of amidine groups is 1. The van der Waals surface area contributed by atoms with E-state index in [0.717, 1.165) is 37.7 Å². The van der Waals surface area contributed by atoms with Crippen LogP contribution in [0.5, 0.6) is 0 Å².